The first-order valence-corrected chi connectivity index (χ1v) is 6.64. The van der Waals surface area contributed by atoms with E-state index in [9.17, 15) is 26.4 Å². The van der Waals surface area contributed by atoms with Crippen molar-refractivity contribution >= 4 is 26.9 Å². The second-order valence-electron chi connectivity index (χ2n) is 3.86. The molecule has 10 heteroatoms. The summed E-state index contributed by atoms with van der Waals surface area (Å²) in [5.74, 6) is -2.02. The third kappa shape index (κ3) is 2.89. The van der Waals surface area contributed by atoms with E-state index in [-0.39, 0.29) is 16.3 Å². The standard InChI is InChI=1S/C11H6F3NO5S/c12-11(13,14)21(18,19)20-9-5-15-4-7-2-1-6(10(16)17)3-8(7)9/h1-5H,(H,16,17). The number of hydrogen-bond acceptors (Lipinski definition) is 5. The number of nitrogens with zero attached hydrogens (tertiary/aromatic N) is 1. The maximum atomic E-state index is 12.3. The van der Waals surface area contributed by atoms with Crippen LogP contribution in [0, 0.1) is 0 Å². The van der Waals surface area contributed by atoms with Gasteiger partial charge in [0.25, 0.3) is 0 Å². The van der Waals surface area contributed by atoms with E-state index < -0.39 is 27.3 Å². The largest absolute Gasteiger partial charge is 0.534 e. The fourth-order valence-electron chi connectivity index (χ4n) is 1.50. The zero-order valence-corrected chi connectivity index (χ0v) is 10.8. The van der Waals surface area contributed by atoms with Crippen molar-refractivity contribution in [2.45, 2.75) is 5.51 Å². The molecule has 0 amide bonds. The molecular formula is C11H6F3NO5S. The van der Waals surface area contributed by atoms with E-state index in [0.29, 0.717) is 0 Å². The Morgan fingerprint density at radius 3 is 2.48 bits per heavy atom. The Morgan fingerprint density at radius 2 is 1.90 bits per heavy atom. The molecule has 112 valence electrons. The minimum absolute atomic E-state index is 0.113. The van der Waals surface area contributed by atoms with Crippen molar-refractivity contribution < 1.29 is 35.7 Å². The molecule has 0 aliphatic carbocycles. The van der Waals surface area contributed by atoms with Crippen LogP contribution >= 0.6 is 0 Å². The summed E-state index contributed by atoms with van der Waals surface area (Å²) in [6.07, 6.45) is 1.99. The number of pyridine rings is 1. The van der Waals surface area contributed by atoms with Gasteiger partial charge in [0.15, 0.2) is 5.75 Å². The van der Waals surface area contributed by atoms with Gasteiger partial charge in [0.05, 0.1) is 11.8 Å². The number of hydrogen-bond donors (Lipinski definition) is 1. The molecule has 0 spiro atoms. The van der Waals surface area contributed by atoms with Gasteiger partial charge in [-0.25, -0.2) is 4.79 Å². The highest BCUT2D eigenvalue weighted by Crippen LogP contribution is 2.31. The number of aromatic nitrogens is 1. The lowest BCUT2D eigenvalue weighted by Gasteiger charge is -2.11. The van der Waals surface area contributed by atoms with Gasteiger partial charge >= 0.3 is 21.6 Å². The quantitative estimate of drug-likeness (QED) is 0.688. The first-order valence-electron chi connectivity index (χ1n) is 5.23. The Kier molecular flexibility index (Phi) is 3.49. The molecule has 6 nitrogen and oxygen atoms in total. The van der Waals surface area contributed by atoms with E-state index in [0.717, 1.165) is 12.3 Å². The molecule has 0 atom stereocenters. The topological polar surface area (TPSA) is 93.6 Å². The molecule has 1 aromatic carbocycles. The van der Waals surface area contributed by atoms with Gasteiger partial charge in [-0.15, -0.1) is 0 Å². The molecule has 0 fully saturated rings. The number of rotatable bonds is 3. The first-order chi connectivity index (χ1) is 9.62. The average Bonchev–Trinajstić information content (AvgIpc) is 2.36. The maximum Gasteiger partial charge on any atom is 0.534 e. The Hall–Kier alpha value is -2.36. The van der Waals surface area contributed by atoms with Crippen LogP contribution in [0.15, 0.2) is 30.6 Å². The molecule has 0 aliphatic heterocycles. The van der Waals surface area contributed by atoms with Crippen molar-refractivity contribution in [1.82, 2.24) is 4.98 Å². The van der Waals surface area contributed by atoms with Gasteiger partial charge in [-0.3, -0.25) is 4.98 Å². The Balaban J connectivity index is 2.59. The molecule has 0 aliphatic rings. The highest BCUT2D eigenvalue weighted by Gasteiger charge is 2.48. The number of carbonyl (C=O) groups is 1. The maximum absolute atomic E-state index is 12.3. The zero-order valence-electron chi connectivity index (χ0n) is 9.96. The van der Waals surface area contributed by atoms with Crippen molar-refractivity contribution in [3.8, 4) is 5.75 Å². The van der Waals surface area contributed by atoms with Crippen LogP contribution in [0.25, 0.3) is 10.8 Å². The fraction of sp³-hybridized carbons (Fsp3) is 0.0909. The molecule has 0 saturated heterocycles. The van der Waals surface area contributed by atoms with Crippen LogP contribution in [0.1, 0.15) is 10.4 Å². The SMILES string of the molecule is O=C(O)c1ccc2cncc(OS(=O)(=O)C(F)(F)F)c2c1. The van der Waals surface area contributed by atoms with E-state index in [1.165, 1.54) is 18.3 Å². The normalized spacial score (nSPS) is 12.3. The summed E-state index contributed by atoms with van der Waals surface area (Å²) in [7, 11) is -5.86. The predicted molar refractivity (Wildman–Crippen MR) is 64.3 cm³/mol. The Labute approximate surface area is 115 Å². The molecule has 1 aromatic heterocycles. The fourth-order valence-corrected chi connectivity index (χ4v) is 1.97. The van der Waals surface area contributed by atoms with Crippen LogP contribution < -0.4 is 4.18 Å². The number of alkyl halides is 3. The Bertz CT molecular complexity index is 816. The van der Waals surface area contributed by atoms with Crippen molar-refractivity contribution in [2.24, 2.45) is 0 Å². The van der Waals surface area contributed by atoms with E-state index in [1.807, 2.05) is 0 Å². The number of fused-ring (bicyclic) bond motifs is 1. The van der Waals surface area contributed by atoms with Crippen LogP contribution in [0.2, 0.25) is 0 Å². The van der Waals surface area contributed by atoms with Gasteiger partial charge in [-0.1, -0.05) is 6.07 Å². The van der Waals surface area contributed by atoms with Gasteiger partial charge in [-0.05, 0) is 12.1 Å². The summed E-state index contributed by atoms with van der Waals surface area (Å²) in [5, 5.41) is 8.96. The summed E-state index contributed by atoms with van der Waals surface area (Å²) in [5.41, 5.74) is -5.83. The Morgan fingerprint density at radius 1 is 1.24 bits per heavy atom. The summed E-state index contributed by atoms with van der Waals surface area (Å²) in [6.45, 7) is 0. The average molecular weight is 321 g/mol. The highest BCUT2D eigenvalue weighted by molar-refractivity contribution is 7.88. The molecule has 0 radical (unpaired) electrons. The minimum atomic E-state index is -5.86. The second-order valence-corrected chi connectivity index (χ2v) is 5.40. The molecule has 1 N–H and O–H groups in total. The van der Waals surface area contributed by atoms with Crippen molar-refractivity contribution in [1.29, 1.82) is 0 Å². The number of carboxylic acids is 1. The first kappa shape index (κ1) is 15.0. The van der Waals surface area contributed by atoms with Crippen LogP contribution in [0.5, 0.6) is 5.75 Å². The highest BCUT2D eigenvalue weighted by atomic mass is 32.2. The molecule has 21 heavy (non-hydrogen) atoms. The van der Waals surface area contributed by atoms with Crippen LogP contribution in [0.4, 0.5) is 13.2 Å². The van der Waals surface area contributed by atoms with E-state index in [4.69, 9.17) is 5.11 Å². The van der Waals surface area contributed by atoms with Crippen LogP contribution in [-0.2, 0) is 10.1 Å². The zero-order chi connectivity index (χ0) is 15.8. The molecule has 0 saturated carbocycles. The minimum Gasteiger partial charge on any atom is -0.478 e. The van der Waals surface area contributed by atoms with E-state index in [1.54, 1.807) is 0 Å². The number of carboxylic acid groups (broad SMARTS) is 1. The summed E-state index contributed by atoms with van der Waals surface area (Å²) in [4.78, 5) is 14.4. The van der Waals surface area contributed by atoms with Gasteiger partial charge in [-0.2, -0.15) is 21.6 Å². The summed E-state index contributed by atoms with van der Waals surface area (Å²) >= 11 is 0. The molecule has 2 aromatic rings. The van der Waals surface area contributed by atoms with Crippen molar-refractivity contribution in [3.05, 3.63) is 36.2 Å². The molecule has 1 heterocycles. The lowest BCUT2D eigenvalue weighted by molar-refractivity contribution is -0.0499. The second kappa shape index (κ2) is 4.88. The van der Waals surface area contributed by atoms with E-state index in [2.05, 4.69) is 9.17 Å². The molecule has 0 unspecified atom stereocenters. The van der Waals surface area contributed by atoms with Crippen LogP contribution in [0.3, 0.4) is 0 Å². The summed E-state index contributed by atoms with van der Waals surface area (Å²) < 4.78 is 62.9. The lowest BCUT2D eigenvalue weighted by atomic mass is 10.1. The van der Waals surface area contributed by atoms with Crippen LogP contribution in [-0.4, -0.2) is 30.0 Å². The summed E-state index contributed by atoms with van der Waals surface area (Å²) in [6, 6.07) is 3.48. The third-order valence-corrected chi connectivity index (χ3v) is 3.42. The molecule has 2 rings (SSSR count). The number of benzene rings is 1. The third-order valence-electron chi connectivity index (χ3n) is 2.45. The smallest absolute Gasteiger partial charge is 0.478 e. The van der Waals surface area contributed by atoms with Crippen molar-refractivity contribution in [3.63, 3.8) is 0 Å². The lowest BCUT2D eigenvalue weighted by Crippen LogP contribution is -2.28. The molecule has 0 bridgehead atoms. The van der Waals surface area contributed by atoms with Gasteiger partial charge in [0.1, 0.15) is 0 Å². The van der Waals surface area contributed by atoms with Gasteiger partial charge < -0.3 is 9.29 Å². The number of aromatic carboxylic acids is 1. The van der Waals surface area contributed by atoms with Gasteiger partial charge in [0.2, 0.25) is 0 Å². The monoisotopic (exact) mass is 321 g/mol. The number of halogens is 3. The van der Waals surface area contributed by atoms with E-state index >= 15 is 0 Å². The van der Waals surface area contributed by atoms with Crippen molar-refractivity contribution in [2.75, 3.05) is 0 Å². The predicted octanol–water partition coefficient (Wildman–Crippen LogP) is 2.16. The van der Waals surface area contributed by atoms with Gasteiger partial charge in [0, 0.05) is 17.0 Å². The molecular weight excluding hydrogens is 315 g/mol.